The van der Waals surface area contributed by atoms with E-state index in [1.54, 1.807) is 36.5 Å². The van der Waals surface area contributed by atoms with Gasteiger partial charge in [0.1, 0.15) is 11.5 Å². The van der Waals surface area contributed by atoms with E-state index in [9.17, 15) is 18.8 Å². The third kappa shape index (κ3) is 3.59. The van der Waals surface area contributed by atoms with Crippen LogP contribution in [0.5, 0.6) is 5.75 Å². The fourth-order valence-electron chi connectivity index (χ4n) is 6.95. The Balaban J connectivity index is 1.52. The Morgan fingerprint density at radius 2 is 1.64 bits per heavy atom. The molecule has 1 fully saturated rings. The van der Waals surface area contributed by atoms with Crippen LogP contribution in [0, 0.1) is 11.7 Å². The Bertz CT molecular complexity index is 1820. The summed E-state index contributed by atoms with van der Waals surface area (Å²) in [4.78, 5) is 45.5. The van der Waals surface area contributed by atoms with E-state index < -0.39 is 35.0 Å². The molecular formula is C34H24ClFN2O4. The number of hydrogen-bond acceptors (Lipinski definition) is 5. The maximum atomic E-state index is 15.0. The zero-order valence-corrected chi connectivity index (χ0v) is 23.1. The molecule has 1 saturated heterocycles. The number of ketones is 2. The third-order valence-electron chi connectivity index (χ3n) is 8.69. The van der Waals surface area contributed by atoms with Crippen LogP contribution in [0.2, 0.25) is 5.02 Å². The van der Waals surface area contributed by atoms with Crippen LogP contribution in [0.15, 0.2) is 97.2 Å². The molecule has 42 heavy (non-hydrogen) atoms. The van der Waals surface area contributed by atoms with Crippen molar-refractivity contribution < 1.29 is 23.5 Å². The van der Waals surface area contributed by atoms with Gasteiger partial charge in [-0.25, -0.2) is 4.39 Å². The molecule has 0 unspecified atom stereocenters. The first-order valence-corrected chi connectivity index (χ1v) is 13.9. The molecule has 0 aliphatic carbocycles. The van der Waals surface area contributed by atoms with Gasteiger partial charge in [-0.3, -0.25) is 14.4 Å². The lowest BCUT2D eigenvalue weighted by molar-refractivity contribution is -0.122. The van der Waals surface area contributed by atoms with Crippen molar-refractivity contribution in [2.45, 2.75) is 17.5 Å². The fourth-order valence-corrected chi connectivity index (χ4v) is 7.08. The summed E-state index contributed by atoms with van der Waals surface area (Å²) in [7, 11) is 1.34. The zero-order valence-electron chi connectivity index (χ0n) is 22.4. The standard InChI is InChI=1S/C34H24ClFN2O4/c1-42-27-15-12-21(18-25(27)36)30(39)28-29(31(40)20-10-13-22(35)14-11-20)38-17-16-19-6-2-3-7-23(19)32(38)34(28)24-8-4-5-9-26(24)37-33(34)41/h2-18,28-29,32H,1H3,(H,37,41)/t28-,29-,32+,34+/m0/s1. The molecule has 7 rings (SSSR count). The maximum absolute atomic E-state index is 15.0. The van der Waals surface area contributed by atoms with Crippen molar-refractivity contribution in [3.05, 3.63) is 136 Å². The first-order chi connectivity index (χ1) is 20.4. The lowest BCUT2D eigenvalue weighted by Crippen LogP contribution is -2.49. The number of ether oxygens (including phenoxy) is 1. The molecule has 8 heteroatoms. The number of Topliss-reactive ketones (excluding diaryl/α,β-unsaturated/α-hetero) is 2. The molecule has 1 amide bonds. The average Bonchev–Trinajstić information content (AvgIpc) is 3.49. The number of amides is 1. The molecule has 4 aromatic rings. The number of methoxy groups -OCH3 is 1. The maximum Gasteiger partial charge on any atom is 0.238 e. The van der Waals surface area contributed by atoms with Crippen molar-refractivity contribution in [1.82, 2.24) is 4.90 Å². The Hall–Kier alpha value is -4.75. The summed E-state index contributed by atoms with van der Waals surface area (Å²) in [6.45, 7) is 0. The van der Waals surface area contributed by atoms with Gasteiger partial charge in [-0.1, -0.05) is 54.1 Å². The van der Waals surface area contributed by atoms with Crippen molar-refractivity contribution >= 4 is 40.8 Å². The Morgan fingerprint density at radius 1 is 0.929 bits per heavy atom. The van der Waals surface area contributed by atoms with E-state index in [0.29, 0.717) is 21.8 Å². The van der Waals surface area contributed by atoms with Crippen LogP contribution >= 0.6 is 11.6 Å². The van der Waals surface area contributed by atoms with Crippen LogP contribution in [-0.4, -0.2) is 35.5 Å². The Kier molecular flexibility index (Phi) is 6.02. The van der Waals surface area contributed by atoms with Crippen molar-refractivity contribution in [3.63, 3.8) is 0 Å². The van der Waals surface area contributed by atoms with Crippen LogP contribution in [0.4, 0.5) is 10.1 Å². The molecule has 0 radical (unpaired) electrons. The molecule has 4 aromatic carbocycles. The Labute approximate surface area is 246 Å². The predicted octanol–water partition coefficient (Wildman–Crippen LogP) is 6.47. The summed E-state index contributed by atoms with van der Waals surface area (Å²) < 4.78 is 20.0. The SMILES string of the molecule is COc1ccc(C(=O)[C@@H]2[C@@H](C(=O)c3ccc(Cl)cc3)N3C=Cc4ccccc4[C@@H]3[C@]23C(=O)Nc2ccccc23)cc1F. The fraction of sp³-hybridized carbons (Fsp3) is 0.147. The van der Waals surface area contributed by atoms with Crippen molar-refractivity contribution in [3.8, 4) is 5.75 Å². The molecule has 1 spiro atoms. The first kappa shape index (κ1) is 26.2. The minimum Gasteiger partial charge on any atom is -0.494 e. The van der Waals surface area contributed by atoms with Gasteiger partial charge < -0.3 is 15.0 Å². The van der Waals surface area contributed by atoms with Gasteiger partial charge >= 0.3 is 0 Å². The number of halogens is 2. The number of anilines is 1. The van der Waals surface area contributed by atoms with Gasteiger partial charge in [0.25, 0.3) is 0 Å². The van der Waals surface area contributed by atoms with E-state index in [1.807, 2.05) is 53.4 Å². The van der Waals surface area contributed by atoms with Gasteiger partial charge in [0.15, 0.2) is 23.1 Å². The van der Waals surface area contributed by atoms with Gasteiger partial charge in [-0.05, 0) is 71.3 Å². The monoisotopic (exact) mass is 578 g/mol. The molecule has 0 aromatic heterocycles. The smallest absolute Gasteiger partial charge is 0.238 e. The lowest BCUT2D eigenvalue weighted by atomic mass is 9.62. The van der Waals surface area contributed by atoms with E-state index in [0.717, 1.165) is 17.2 Å². The molecule has 3 aliphatic heterocycles. The van der Waals surface area contributed by atoms with E-state index in [-0.39, 0.29) is 23.0 Å². The van der Waals surface area contributed by atoms with Gasteiger partial charge in [0.05, 0.1) is 19.1 Å². The molecule has 0 bridgehead atoms. The number of carbonyl (C=O) groups is 3. The van der Waals surface area contributed by atoms with Crippen LogP contribution < -0.4 is 10.1 Å². The summed E-state index contributed by atoms with van der Waals surface area (Å²) in [5.74, 6) is -3.19. The van der Waals surface area contributed by atoms with Crippen LogP contribution in [0.25, 0.3) is 6.08 Å². The highest BCUT2D eigenvalue weighted by Crippen LogP contribution is 2.62. The van der Waals surface area contributed by atoms with Crippen molar-refractivity contribution in [2.75, 3.05) is 12.4 Å². The summed E-state index contributed by atoms with van der Waals surface area (Å²) >= 11 is 6.13. The molecule has 1 N–H and O–H groups in total. The molecule has 3 aliphatic rings. The Morgan fingerprint density at radius 3 is 2.40 bits per heavy atom. The quantitative estimate of drug-likeness (QED) is 0.275. The van der Waals surface area contributed by atoms with E-state index in [2.05, 4.69) is 5.32 Å². The highest BCUT2D eigenvalue weighted by atomic mass is 35.5. The number of carbonyl (C=O) groups excluding carboxylic acids is 3. The second-order valence-electron chi connectivity index (χ2n) is 10.7. The molecule has 208 valence electrons. The number of benzene rings is 4. The number of nitrogens with zero attached hydrogens (tertiary/aromatic N) is 1. The van der Waals surface area contributed by atoms with Crippen LogP contribution in [0.3, 0.4) is 0 Å². The minimum absolute atomic E-state index is 0.0142. The number of para-hydroxylation sites is 1. The normalized spacial score (nSPS) is 23.3. The highest BCUT2D eigenvalue weighted by molar-refractivity contribution is 6.30. The summed E-state index contributed by atoms with van der Waals surface area (Å²) in [6.07, 6.45) is 3.68. The summed E-state index contributed by atoms with van der Waals surface area (Å²) in [5.41, 5.74) is 1.78. The summed E-state index contributed by atoms with van der Waals surface area (Å²) in [5, 5.41) is 3.46. The predicted molar refractivity (Wildman–Crippen MR) is 157 cm³/mol. The number of fused-ring (bicyclic) bond motifs is 6. The topological polar surface area (TPSA) is 75.7 Å². The van der Waals surface area contributed by atoms with Crippen LogP contribution in [-0.2, 0) is 10.2 Å². The molecule has 0 saturated carbocycles. The number of nitrogens with one attached hydrogen (secondary N) is 1. The van der Waals surface area contributed by atoms with Gasteiger partial charge in [-0.15, -0.1) is 0 Å². The molecule has 6 nitrogen and oxygen atoms in total. The van der Waals surface area contributed by atoms with E-state index in [1.165, 1.54) is 19.2 Å². The lowest BCUT2D eigenvalue weighted by Gasteiger charge is -2.38. The van der Waals surface area contributed by atoms with Crippen molar-refractivity contribution in [2.24, 2.45) is 5.92 Å². The molecular weight excluding hydrogens is 555 g/mol. The van der Waals surface area contributed by atoms with E-state index >= 15 is 0 Å². The van der Waals surface area contributed by atoms with Gasteiger partial charge in [0, 0.05) is 28.0 Å². The minimum atomic E-state index is -1.50. The average molecular weight is 579 g/mol. The van der Waals surface area contributed by atoms with Gasteiger partial charge in [-0.2, -0.15) is 0 Å². The number of hydrogen-bond donors (Lipinski definition) is 1. The highest BCUT2D eigenvalue weighted by Gasteiger charge is 2.70. The zero-order chi connectivity index (χ0) is 29.2. The second kappa shape index (κ2) is 9.67. The number of rotatable bonds is 5. The van der Waals surface area contributed by atoms with Gasteiger partial charge in [0.2, 0.25) is 5.91 Å². The summed E-state index contributed by atoms with van der Waals surface area (Å²) in [6, 6.07) is 23.6. The third-order valence-corrected chi connectivity index (χ3v) is 8.94. The molecule has 3 heterocycles. The van der Waals surface area contributed by atoms with Crippen molar-refractivity contribution in [1.29, 1.82) is 0 Å². The second-order valence-corrected chi connectivity index (χ2v) is 11.1. The van der Waals surface area contributed by atoms with Crippen LogP contribution in [0.1, 0.15) is 43.4 Å². The molecule has 4 atom stereocenters. The first-order valence-electron chi connectivity index (χ1n) is 13.5. The largest absolute Gasteiger partial charge is 0.494 e. The van der Waals surface area contributed by atoms with E-state index in [4.69, 9.17) is 16.3 Å².